The van der Waals surface area contributed by atoms with Gasteiger partial charge in [-0.3, -0.25) is 14.4 Å². The quantitative estimate of drug-likeness (QED) is 0.789. The van der Waals surface area contributed by atoms with Crippen LogP contribution in [0, 0.1) is 0 Å². The fourth-order valence-corrected chi connectivity index (χ4v) is 3.04. The van der Waals surface area contributed by atoms with Crippen molar-refractivity contribution in [1.29, 1.82) is 0 Å². The maximum Gasteiger partial charge on any atom is 0.267 e. The first-order valence-electron chi connectivity index (χ1n) is 8.17. The lowest BCUT2D eigenvalue weighted by atomic mass is 10.1. The summed E-state index contributed by atoms with van der Waals surface area (Å²) in [4.78, 5) is 37.0. The zero-order valence-electron chi connectivity index (χ0n) is 15.1. The van der Waals surface area contributed by atoms with E-state index in [1.54, 1.807) is 0 Å². The number of nitrogens with one attached hydrogen (secondary N) is 2. The largest absolute Gasteiger partial charge is 0.494 e. The number of nitrogens with zero attached hydrogens (tertiary/aromatic N) is 1. The molecule has 1 unspecified atom stereocenters. The average Bonchev–Trinajstić information content (AvgIpc) is 2.95. The third-order valence-electron chi connectivity index (χ3n) is 4.06. The van der Waals surface area contributed by atoms with E-state index in [0.717, 1.165) is 4.90 Å². The summed E-state index contributed by atoms with van der Waals surface area (Å²) in [5, 5.41) is 4.99. The molecule has 2 rings (SSSR count). The van der Waals surface area contributed by atoms with Crippen LogP contribution < -0.4 is 15.4 Å². The van der Waals surface area contributed by atoms with Gasteiger partial charge in [0.1, 0.15) is 11.1 Å². The van der Waals surface area contributed by atoms with E-state index >= 15 is 0 Å². The number of benzene rings is 1. The van der Waals surface area contributed by atoms with Gasteiger partial charge in [-0.2, -0.15) is 0 Å². The smallest absolute Gasteiger partial charge is 0.267 e. The zero-order valence-corrected chi connectivity index (χ0v) is 15.8. The maximum atomic E-state index is 13.3. The van der Waals surface area contributed by atoms with E-state index in [1.807, 2.05) is 0 Å². The Bertz CT molecular complexity index is 773. The average molecular weight is 404 g/mol. The first kappa shape index (κ1) is 20.9. The second kappa shape index (κ2) is 8.08. The van der Waals surface area contributed by atoms with Crippen molar-refractivity contribution in [2.24, 2.45) is 0 Å². The Morgan fingerprint density at radius 1 is 1.33 bits per heavy atom. The Hall–Kier alpha value is -2.42. The molecule has 1 atom stereocenters. The Morgan fingerprint density at radius 3 is 2.52 bits per heavy atom. The van der Waals surface area contributed by atoms with E-state index in [1.165, 1.54) is 33.1 Å². The molecule has 10 heteroatoms. The van der Waals surface area contributed by atoms with Gasteiger partial charge in [0.2, 0.25) is 11.8 Å². The Kier molecular flexibility index (Phi) is 6.25. The van der Waals surface area contributed by atoms with Gasteiger partial charge in [0, 0.05) is 19.9 Å². The van der Waals surface area contributed by atoms with Crippen molar-refractivity contribution in [3.8, 4) is 5.75 Å². The van der Waals surface area contributed by atoms with Gasteiger partial charge in [-0.25, -0.2) is 8.78 Å². The van der Waals surface area contributed by atoms with Crippen LogP contribution in [0.5, 0.6) is 5.75 Å². The fourth-order valence-electron chi connectivity index (χ4n) is 2.75. The van der Waals surface area contributed by atoms with Crippen LogP contribution in [0.25, 0.3) is 0 Å². The number of methoxy groups -OCH3 is 1. The van der Waals surface area contributed by atoms with Crippen LogP contribution in [0.15, 0.2) is 12.1 Å². The number of amides is 3. The van der Waals surface area contributed by atoms with E-state index in [2.05, 4.69) is 10.6 Å². The fraction of sp³-hybridized carbons (Fsp3) is 0.471. The highest BCUT2D eigenvalue weighted by molar-refractivity contribution is 6.35. The standard InChI is InChI=1S/C17H20ClF2N3O4/c1-9(16(26)23-7-6-17(19,20)8-23)21-15(25)11-4-5-12(22-10(2)24)13(18)14(11)27-3/h4-5,9H,6-8H2,1-3H3,(H,21,25)(H,22,24). The summed E-state index contributed by atoms with van der Waals surface area (Å²) in [6.07, 6.45) is -0.395. The van der Waals surface area contributed by atoms with Crippen LogP contribution in [0.4, 0.5) is 14.5 Å². The predicted octanol–water partition coefficient (Wildman–Crippen LogP) is 2.29. The van der Waals surface area contributed by atoms with Gasteiger partial charge >= 0.3 is 0 Å². The molecule has 0 saturated carbocycles. The van der Waals surface area contributed by atoms with E-state index in [9.17, 15) is 23.2 Å². The molecule has 0 bridgehead atoms. The molecule has 7 nitrogen and oxygen atoms in total. The molecule has 3 amide bonds. The van der Waals surface area contributed by atoms with Gasteiger partial charge in [-0.05, 0) is 19.1 Å². The van der Waals surface area contributed by atoms with E-state index in [-0.39, 0.29) is 34.5 Å². The first-order valence-corrected chi connectivity index (χ1v) is 8.55. The number of anilines is 1. The lowest BCUT2D eigenvalue weighted by Gasteiger charge is -2.22. The van der Waals surface area contributed by atoms with Crippen molar-refractivity contribution in [1.82, 2.24) is 10.2 Å². The highest BCUT2D eigenvalue weighted by Crippen LogP contribution is 2.35. The molecular formula is C17H20ClF2N3O4. The van der Waals surface area contributed by atoms with Crippen LogP contribution in [0.1, 0.15) is 30.6 Å². The van der Waals surface area contributed by atoms with Crippen molar-refractivity contribution in [3.05, 3.63) is 22.7 Å². The molecule has 2 N–H and O–H groups in total. The summed E-state index contributed by atoms with van der Waals surface area (Å²) in [6, 6.07) is 1.80. The topological polar surface area (TPSA) is 87.7 Å². The lowest BCUT2D eigenvalue weighted by molar-refractivity contribution is -0.133. The molecule has 1 aromatic carbocycles. The van der Waals surface area contributed by atoms with Crippen molar-refractivity contribution >= 4 is 35.0 Å². The molecule has 0 radical (unpaired) electrons. The molecule has 1 aliphatic heterocycles. The molecule has 0 aliphatic carbocycles. The van der Waals surface area contributed by atoms with Crippen LogP contribution in [-0.4, -0.2) is 54.8 Å². The van der Waals surface area contributed by atoms with Gasteiger partial charge < -0.3 is 20.3 Å². The number of halogens is 3. The second-order valence-electron chi connectivity index (χ2n) is 6.25. The molecule has 0 aromatic heterocycles. The molecule has 1 fully saturated rings. The number of hydrogen-bond acceptors (Lipinski definition) is 4. The number of alkyl halides is 2. The van der Waals surface area contributed by atoms with Crippen molar-refractivity contribution in [2.75, 3.05) is 25.5 Å². The highest BCUT2D eigenvalue weighted by atomic mass is 35.5. The predicted molar refractivity (Wildman–Crippen MR) is 95.4 cm³/mol. The van der Waals surface area contributed by atoms with Crippen LogP contribution in [-0.2, 0) is 9.59 Å². The first-order chi connectivity index (χ1) is 12.6. The molecule has 1 aromatic rings. The third kappa shape index (κ3) is 4.85. The summed E-state index contributed by atoms with van der Waals surface area (Å²) < 4.78 is 31.7. The molecule has 27 heavy (non-hydrogen) atoms. The van der Waals surface area contributed by atoms with Crippen molar-refractivity contribution in [2.45, 2.75) is 32.2 Å². The molecular weight excluding hydrogens is 384 g/mol. The van der Waals surface area contributed by atoms with Crippen molar-refractivity contribution < 1.29 is 27.9 Å². The minimum Gasteiger partial charge on any atom is -0.494 e. The number of carbonyl (C=O) groups is 3. The molecule has 1 heterocycles. The zero-order chi connectivity index (χ0) is 20.4. The minimum absolute atomic E-state index is 0.0211. The summed E-state index contributed by atoms with van der Waals surface area (Å²) in [5.41, 5.74) is 0.309. The summed E-state index contributed by atoms with van der Waals surface area (Å²) in [5.74, 6) is -4.49. The monoisotopic (exact) mass is 403 g/mol. The lowest BCUT2D eigenvalue weighted by Crippen LogP contribution is -2.46. The molecule has 1 aliphatic rings. The van der Waals surface area contributed by atoms with Crippen molar-refractivity contribution in [3.63, 3.8) is 0 Å². The number of hydrogen-bond donors (Lipinski definition) is 2. The summed E-state index contributed by atoms with van der Waals surface area (Å²) in [6.45, 7) is 1.99. The van der Waals surface area contributed by atoms with Gasteiger partial charge in [0.15, 0.2) is 5.75 Å². The number of ether oxygens (including phenoxy) is 1. The maximum absolute atomic E-state index is 13.3. The second-order valence-corrected chi connectivity index (χ2v) is 6.63. The van der Waals surface area contributed by atoms with Gasteiger partial charge in [-0.15, -0.1) is 0 Å². The Balaban J connectivity index is 2.14. The Morgan fingerprint density at radius 2 is 2.00 bits per heavy atom. The SMILES string of the molecule is COc1c(C(=O)NC(C)C(=O)N2CCC(F)(F)C2)ccc(NC(C)=O)c1Cl. The molecule has 1 saturated heterocycles. The number of carbonyl (C=O) groups excluding carboxylic acids is 3. The van der Waals surface area contributed by atoms with Gasteiger partial charge in [0.05, 0.1) is 24.9 Å². The van der Waals surface area contributed by atoms with Gasteiger partial charge in [0.25, 0.3) is 11.8 Å². The number of likely N-dealkylation sites (tertiary alicyclic amines) is 1. The van der Waals surface area contributed by atoms with E-state index < -0.39 is 36.7 Å². The van der Waals surface area contributed by atoms with Crippen LogP contribution in [0.3, 0.4) is 0 Å². The van der Waals surface area contributed by atoms with Gasteiger partial charge in [-0.1, -0.05) is 11.6 Å². The third-order valence-corrected chi connectivity index (χ3v) is 4.43. The van der Waals surface area contributed by atoms with E-state index in [0.29, 0.717) is 0 Å². The normalized spacial score (nSPS) is 16.6. The number of rotatable bonds is 5. The minimum atomic E-state index is -2.91. The summed E-state index contributed by atoms with van der Waals surface area (Å²) >= 11 is 6.16. The summed E-state index contributed by atoms with van der Waals surface area (Å²) in [7, 11) is 1.30. The van der Waals surface area contributed by atoms with Crippen LogP contribution >= 0.6 is 11.6 Å². The van der Waals surface area contributed by atoms with Crippen LogP contribution in [0.2, 0.25) is 5.02 Å². The molecule has 148 valence electrons. The molecule has 0 spiro atoms. The highest BCUT2D eigenvalue weighted by Gasteiger charge is 2.41. The van der Waals surface area contributed by atoms with E-state index in [4.69, 9.17) is 16.3 Å². The Labute approximate surface area is 160 Å².